The van der Waals surface area contributed by atoms with Gasteiger partial charge in [0.15, 0.2) is 5.78 Å². The van der Waals surface area contributed by atoms with Gasteiger partial charge in [0.25, 0.3) is 5.91 Å². The molecule has 1 N–H and O–H groups in total. The molecule has 3 rings (SSSR count). The van der Waals surface area contributed by atoms with Gasteiger partial charge in [-0.25, -0.2) is 0 Å². The highest BCUT2D eigenvalue weighted by atomic mass is 35.5. The number of rotatable bonds is 3. The maximum Gasteiger partial charge on any atom is 0.256 e. The van der Waals surface area contributed by atoms with Gasteiger partial charge in [-0.3, -0.25) is 9.59 Å². The molecule has 0 saturated heterocycles. The lowest BCUT2D eigenvalue weighted by Gasteiger charge is -2.04. The fourth-order valence-electron chi connectivity index (χ4n) is 2.34. The standard InChI is InChI=1S/C17H11Cl2NO3/c1-23-10-4-2-9(3-5-10)14(21)8-11-15-12(18)6-7-13(19)16(15)20-17(11)22/h2-8H,1H3,(H,20,22)/b11-8-. The summed E-state index contributed by atoms with van der Waals surface area (Å²) in [5.41, 5.74) is 1.52. The fourth-order valence-corrected chi connectivity index (χ4v) is 2.80. The van der Waals surface area contributed by atoms with Gasteiger partial charge in [0.2, 0.25) is 0 Å². The Morgan fingerprint density at radius 3 is 2.39 bits per heavy atom. The summed E-state index contributed by atoms with van der Waals surface area (Å²) in [5.74, 6) is -0.0634. The second-order valence-corrected chi connectivity index (χ2v) is 5.70. The third kappa shape index (κ3) is 2.83. The van der Waals surface area contributed by atoms with Crippen molar-refractivity contribution in [3.8, 4) is 5.75 Å². The molecule has 0 atom stereocenters. The molecule has 2 aromatic rings. The van der Waals surface area contributed by atoms with Gasteiger partial charge in [0, 0.05) is 11.1 Å². The molecule has 0 saturated carbocycles. The molecule has 0 fully saturated rings. The van der Waals surface area contributed by atoms with Crippen LogP contribution in [-0.2, 0) is 4.79 Å². The monoisotopic (exact) mass is 347 g/mol. The predicted octanol–water partition coefficient (Wildman–Crippen LogP) is 4.22. The summed E-state index contributed by atoms with van der Waals surface area (Å²) in [6.45, 7) is 0. The number of carbonyl (C=O) groups is 2. The van der Waals surface area contributed by atoms with E-state index in [1.54, 1.807) is 43.5 Å². The maximum atomic E-state index is 12.4. The molecular weight excluding hydrogens is 337 g/mol. The first-order valence-electron chi connectivity index (χ1n) is 6.71. The number of hydrogen-bond acceptors (Lipinski definition) is 3. The predicted molar refractivity (Wildman–Crippen MR) is 90.4 cm³/mol. The number of nitrogens with one attached hydrogen (secondary N) is 1. The number of halogens is 2. The average molecular weight is 348 g/mol. The van der Waals surface area contributed by atoms with Crippen LogP contribution in [0, 0.1) is 0 Å². The Kier molecular flexibility index (Phi) is 4.11. The van der Waals surface area contributed by atoms with E-state index in [1.807, 2.05) is 0 Å². The van der Waals surface area contributed by atoms with Crippen LogP contribution in [0.2, 0.25) is 10.0 Å². The van der Waals surface area contributed by atoms with Gasteiger partial charge in [-0.15, -0.1) is 0 Å². The molecular formula is C17H11Cl2NO3. The number of fused-ring (bicyclic) bond motifs is 1. The van der Waals surface area contributed by atoms with Crippen LogP contribution in [0.3, 0.4) is 0 Å². The molecule has 0 unspecified atom stereocenters. The molecule has 23 heavy (non-hydrogen) atoms. The zero-order valence-corrected chi connectivity index (χ0v) is 13.5. The van der Waals surface area contributed by atoms with E-state index in [-0.39, 0.29) is 11.4 Å². The van der Waals surface area contributed by atoms with Crippen molar-refractivity contribution in [2.75, 3.05) is 12.4 Å². The summed E-state index contributed by atoms with van der Waals surface area (Å²) in [4.78, 5) is 24.5. The summed E-state index contributed by atoms with van der Waals surface area (Å²) in [6, 6.07) is 9.81. The van der Waals surface area contributed by atoms with Gasteiger partial charge in [0.05, 0.1) is 28.4 Å². The van der Waals surface area contributed by atoms with Crippen LogP contribution in [0.4, 0.5) is 5.69 Å². The van der Waals surface area contributed by atoms with Crippen LogP contribution in [0.1, 0.15) is 15.9 Å². The van der Waals surface area contributed by atoms with Gasteiger partial charge in [-0.05, 0) is 42.5 Å². The van der Waals surface area contributed by atoms with E-state index >= 15 is 0 Å². The van der Waals surface area contributed by atoms with Gasteiger partial charge < -0.3 is 10.1 Å². The lowest BCUT2D eigenvalue weighted by molar-refractivity contribution is -0.110. The Hall–Kier alpha value is -2.30. The number of carbonyl (C=O) groups excluding carboxylic acids is 2. The van der Waals surface area contributed by atoms with Crippen molar-refractivity contribution < 1.29 is 14.3 Å². The molecule has 116 valence electrons. The minimum absolute atomic E-state index is 0.202. The summed E-state index contributed by atoms with van der Waals surface area (Å²) in [7, 11) is 1.55. The van der Waals surface area contributed by atoms with Crippen LogP contribution in [0.25, 0.3) is 5.57 Å². The molecule has 4 nitrogen and oxygen atoms in total. The number of allylic oxidation sites excluding steroid dienone is 1. The van der Waals surface area contributed by atoms with Crippen LogP contribution >= 0.6 is 23.2 Å². The normalized spacial score (nSPS) is 14.6. The number of ketones is 1. The Bertz CT molecular complexity index is 842. The molecule has 0 spiro atoms. The number of anilines is 1. The first-order valence-corrected chi connectivity index (χ1v) is 7.46. The molecule has 6 heteroatoms. The first-order chi connectivity index (χ1) is 11.0. The van der Waals surface area contributed by atoms with Crippen LogP contribution < -0.4 is 10.1 Å². The third-order valence-corrected chi connectivity index (χ3v) is 4.14. The zero-order chi connectivity index (χ0) is 16.6. The Morgan fingerprint density at radius 1 is 1.09 bits per heavy atom. The summed E-state index contributed by atoms with van der Waals surface area (Å²) >= 11 is 12.2. The molecule has 0 aliphatic carbocycles. The molecule has 0 radical (unpaired) electrons. The maximum absolute atomic E-state index is 12.4. The minimum atomic E-state index is -0.406. The molecule has 1 amide bonds. The van der Waals surface area contributed by atoms with E-state index in [4.69, 9.17) is 27.9 Å². The van der Waals surface area contributed by atoms with Crippen molar-refractivity contribution in [2.24, 2.45) is 0 Å². The highest BCUT2D eigenvalue weighted by Crippen LogP contribution is 2.41. The molecule has 1 heterocycles. The highest BCUT2D eigenvalue weighted by Gasteiger charge is 2.29. The highest BCUT2D eigenvalue weighted by molar-refractivity contribution is 6.45. The molecule has 0 aromatic heterocycles. The zero-order valence-electron chi connectivity index (χ0n) is 12.0. The van der Waals surface area contributed by atoms with Gasteiger partial charge in [-0.2, -0.15) is 0 Å². The molecule has 1 aliphatic heterocycles. The van der Waals surface area contributed by atoms with Crippen molar-refractivity contribution in [3.05, 3.63) is 63.6 Å². The third-order valence-electron chi connectivity index (χ3n) is 3.51. The number of benzene rings is 2. The summed E-state index contributed by atoms with van der Waals surface area (Å²) in [5, 5.41) is 3.37. The SMILES string of the molecule is COc1ccc(C(=O)/C=C2\C(=O)Nc3c(Cl)ccc(Cl)c32)cc1. The first kappa shape index (κ1) is 15.6. The van der Waals surface area contributed by atoms with Gasteiger partial charge in [0.1, 0.15) is 5.75 Å². The fraction of sp³-hybridized carbons (Fsp3) is 0.0588. The lowest BCUT2D eigenvalue weighted by Crippen LogP contribution is -2.06. The van der Waals surface area contributed by atoms with Crippen molar-refractivity contribution >= 4 is 46.2 Å². The van der Waals surface area contributed by atoms with E-state index in [9.17, 15) is 9.59 Å². The van der Waals surface area contributed by atoms with E-state index in [1.165, 1.54) is 6.08 Å². The lowest BCUT2D eigenvalue weighted by atomic mass is 10.0. The Morgan fingerprint density at radius 2 is 1.74 bits per heavy atom. The minimum Gasteiger partial charge on any atom is -0.497 e. The topological polar surface area (TPSA) is 55.4 Å². The van der Waals surface area contributed by atoms with Crippen molar-refractivity contribution in [2.45, 2.75) is 0 Å². The Balaban J connectivity index is 2.02. The summed E-state index contributed by atoms with van der Waals surface area (Å²) in [6.07, 6.45) is 1.27. The van der Waals surface area contributed by atoms with Gasteiger partial charge >= 0.3 is 0 Å². The van der Waals surface area contributed by atoms with Crippen molar-refractivity contribution in [3.63, 3.8) is 0 Å². The smallest absolute Gasteiger partial charge is 0.256 e. The van der Waals surface area contributed by atoms with Crippen molar-refractivity contribution in [1.82, 2.24) is 0 Å². The van der Waals surface area contributed by atoms with Crippen molar-refractivity contribution in [1.29, 1.82) is 0 Å². The number of hydrogen-bond donors (Lipinski definition) is 1. The molecule has 1 aliphatic rings. The van der Waals surface area contributed by atoms with Crippen LogP contribution in [0.5, 0.6) is 5.75 Å². The quantitative estimate of drug-likeness (QED) is 0.667. The van der Waals surface area contributed by atoms with E-state index in [2.05, 4.69) is 5.32 Å². The average Bonchev–Trinajstić information content (AvgIpc) is 2.89. The van der Waals surface area contributed by atoms with E-state index < -0.39 is 5.91 Å². The largest absolute Gasteiger partial charge is 0.497 e. The Labute approximate surface area is 142 Å². The van der Waals surface area contributed by atoms with E-state index in [0.29, 0.717) is 32.6 Å². The molecule has 0 bridgehead atoms. The van der Waals surface area contributed by atoms with E-state index in [0.717, 1.165) is 0 Å². The number of ether oxygens (including phenoxy) is 1. The van der Waals surface area contributed by atoms with Crippen LogP contribution in [-0.4, -0.2) is 18.8 Å². The van der Waals surface area contributed by atoms with Gasteiger partial charge in [-0.1, -0.05) is 23.2 Å². The second-order valence-electron chi connectivity index (χ2n) is 4.88. The number of amides is 1. The van der Waals surface area contributed by atoms with Crippen LogP contribution in [0.15, 0.2) is 42.5 Å². The number of methoxy groups -OCH3 is 1. The molecule has 2 aromatic carbocycles. The second kappa shape index (κ2) is 6.07. The summed E-state index contributed by atoms with van der Waals surface area (Å²) < 4.78 is 5.05.